The first kappa shape index (κ1) is 13.8. The molecule has 1 rings (SSSR count). The average molecular weight is 236 g/mol. The Morgan fingerprint density at radius 3 is 2.69 bits per heavy atom. The van der Waals surface area contributed by atoms with Crippen LogP contribution in [0.1, 0.15) is 19.3 Å². The highest BCUT2D eigenvalue weighted by Crippen LogP contribution is 2.07. The first-order valence-electron chi connectivity index (χ1n) is 5.97. The first-order valence-corrected chi connectivity index (χ1v) is 5.97. The van der Waals surface area contributed by atoms with Gasteiger partial charge in [0.25, 0.3) is 6.43 Å². The minimum atomic E-state index is -2.24. The summed E-state index contributed by atoms with van der Waals surface area (Å²) in [5, 5.41) is 3.27. The molecule has 3 nitrogen and oxygen atoms in total. The van der Waals surface area contributed by atoms with Crippen LogP contribution in [0.25, 0.3) is 0 Å². The van der Waals surface area contributed by atoms with E-state index in [0.29, 0.717) is 19.3 Å². The number of rotatable bonds is 7. The van der Waals surface area contributed by atoms with Crippen LogP contribution in [0.5, 0.6) is 0 Å². The van der Waals surface area contributed by atoms with Crippen molar-refractivity contribution in [3.05, 3.63) is 0 Å². The zero-order valence-electron chi connectivity index (χ0n) is 9.92. The molecular weight excluding hydrogens is 214 g/mol. The van der Waals surface area contributed by atoms with E-state index in [-0.39, 0.29) is 6.54 Å². The molecule has 0 aromatic heterocycles. The van der Waals surface area contributed by atoms with Crippen LogP contribution in [-0.2, 0) is 4.74 Å². The molecule has 1 fully saturated rings. The van der Waals surface area contributed by atoms with E-state index >= 15 is 0 Å². The fourth-order valence-electron chi connectivity index (χ4n) is 1.87. The molecule has 0 spiro atoms. The van der Waals surface area contributed by atoms with Crippen molar-refractivity contribution >= 4 is 0 Å². The number of alkyl halides is 2. The van der Waals surface area contributed by atoms with E-state index in [2.05, 4.69) is 5.32 Å². The number of nitrogens with zero attached hydrogens (tertiary/aromatic N) is 1. The summed E-state index contributed by atoms with van der Waals surface area (Å²) in [5.41, 5.74) is 0. The number of ether oxygens (including phenoxy) is 1. The minimum Gasteiger partial charge on any atom is -0.378 e. The van der Waals surface area contributed by atoms with Crippen LogP contribution in [0.4, 0.5) is 8.78 Å². The van der Waals surface area contributed by atoms with Crippen molar-refractivity contribution in [2.45, 2.75) is 31.8 Å². The van der Waals surface area contributed by atoms with Gasteiger partial charge in [-0.25, -0.2) is 8.78 Å². The van der Waals surface area contributed by atoms with E-state index in [1.165, 1.54) is 0 Å². The van der Waals surface area contributed by atoms with Crippen LogP contribution in [0, 0.1) is 0 Å². The Bertz CT molecular complexity index is 175. The van der Waals surface area contributed by atoms with E-state index in [4.69, 9.17) is 4.74 Å². The van der Waals surface area contributed by atoms with E-state index in [1.54, 1.807) is 11.9 Å². The van der Waals surface area contributed by atoms with Gasteiger partial charge >= 0.3 is 0 Å². The topological polar surface area (TPSA) is 24.5 Å². The highest BCUT2D eigenvalue weighted by Gasteiger charge is 2.13. The highest BCUT2D eigenvalue weighted by atomic mass is 19.3. The normalized spacial score (nSPS) is 18.6. The third-order valence-electron chi connectivity index (χ3n) is 2.77. The van der Waals surface area contributed by atoms with Gasteiger partial charge in [0.15, 0.2) is 0 Å². The highest BCUT2D eigenvalue weighted by molar-refractivity contribution is 4.68. The fourth-order valence-corrected chi connectivity index (χ4v) is 1.87. The van der Waals surface area contributed by atoms with Crippen LogP contribution < -0.4 is 5.32 Å². The van der Waals surface area contributed by atoms with Crippen LogP contribution in [-0.4, -0.2) is 57.3 Å². The first-order chi connectivity index (χ1) is 7.68. The van der Waals surface area contributed by atoms with Crippen LogP contribution in [0.2, 0.25) is 0 Å². The van der Waals surface area contributed by atoms with Crippen molar-refractivity contribution in [3.63, 3.8) is 0 Å². The van der Waals surface area contributed by atoms with Gasteiger partial charge in [-0.15, -0.1) is 0 Å². The van der Waals surface area contributed by atoms with Crippen LogP contribution in [0.15, 0.2) is 0 Å². The summed E-state index contributed by atoms with van der Waals surface area (Å²) >= 11 is 0. The van der Waals surface area contributed by atoms with Gasteiger partial charge in [0.1, 0.15) is 0 Å². The molecule has 16 heavy (non-hydrogen) atoms. The van der Waals surface area contributed by atoms with Gasteiger partial charge in [-0.2, -0.15) is 0 Å². The third kappa shape index (κ3) is 6.35. The standard InChI is InChI=1S/C11H22F2N2O/c1-15(9-11(12)13)7-2-8-16-10-3-5-14-6-4-10/h10-11,14H,2-9H2,1H3. The summed E-state index contributed by atoms with van der Waals surface area (Å²) in [7, 11) is 1.72. The van der Waals surface area contributed by atoms with Gasteiger partial charge in [-0.3, -0.25) is 0 Å². The van der Waals surface area contributed by atoms with Gasteiger partial charge < -0.3 is 15.0 Å². The minimum absolute atomic E-state index is 0.145. The molecule has 0 aromatic rings. The monoisotopic (exact) mass is 236 g/mol. The molecule has 0 amide bonds. The second-order valence-corrected chi connectivity index (χ2v) is 4.33. The molecule has 0 radical (unpaired) electrons. The zero-order chi connectivity index (χ0) is 11.8. The maximum atomic E-state index is 12.0. The van der Waals surface area contributed by atoms with E-state index in [0.717, 1.165) is 32.4 Å². The quantitative estimate of drug-likeness (QED) is 0.675. The van der Waals surface area contributed by atoms with E-state index < -0.39 is 6.43 Å². The molecule has 0 atom stereocenters. The zero-order valence-corrected chi connectivity index (χ0v) is 9.92. The third-order valence-corrected chi connectivity index (χ3v) is 2.77. The lowest BCUT2D eigenvalue weighted by Gasteiger charge is -2.23. The molecule has 1 heterocycles. The smallest absolute Gasteiger partial charge is 0.251 e. The van der Waals surface area contributed by atoms with Crippen LogP contribution in [0.3, 0.4) is 0 Å². The second kappa shape index (κ2) is 7.92. The lowest BCUT2D eigenvalue weighted by Crippen LogP contribution is -2.33. The molecule has 0 saturated carbocycles. The number of piperidine rings is 1. The molecule has 1 aliphatic heterocycles. The molecule has 96 valence electrons. The number of hydrogen-bond donors (Lipinski definition) is 1. The van der Waals surface area contributed by atoms with E-state index in [9.17, 15) is 8.78 Å². The maximum absolute atomic E-state index is 12.0. The van der Waals surface area contributed by atoms with Crippen molar-refractivity contribution < 1.29 is 13.5 Å². The molecule has 1 saturated heterocycles. The number of halogens is 2. The Morgan fingerprint density at radius 2 is 2.06 bits per heavy atom. The van der Waals surface area contributed by atoms with Crippen molar-refractivity contribution in [1.82, 2.24) is 10.2 Å². The van der Waals surface area contributed by atoms with Crippen molar-refractivity contribution in [1.29, 1.82) is 0 Å². The second-order valence-electron chi connectivity index (χ2n) is 4.33. The van der Waals surface area contributed by atoms with Crippen molar-refractivity contribution in [3.8, 4) is 0 Å². The predicted octanol–water partition coefficient (Wildman–Crippen LogP) is 1.34. The Hall–Kier alpha value is -0.260. The van der Waals surface area contributed by atoms with Gasteiger partial charge in [0.2, 0.25) is 0 Å². The molecule has 0 aliphatic carbocycles. The lowest BCUT2D eigenvalue weighted by atomic mass is 10.1. The summed E-state index contributed by atoms with van der Waals surface area (Å²) in [6.07, 6.45) is 1.07. The Morgan fingerprint density at radius 1 is 1.38 bits per heavy atom. The Labute approximate surface area is 96.1 Å². The summed E-state index contributed by atoms with van der Waals surface area (Å²) in [6, 6.07) is 0. The van der Waals surface area contributed by atoms with Gasteiger partial charge in [0.05, 0.1) is 12.6 Å². The van der Waals surface area contributed by atoms with E-state index in [1.807, 2.05) is 0 Å². The Kier molecular flexibility index (Phi) is 6.84. The molecule has 0 unspecified atom stereocenters. The van der Waals surface area contributed by atoms with Crippen LogP contribution >= 0.6 is 0 Å². The molecular formula is C11H22F2N2O. The SMILES string of the molecule is CN(CCCOC1CCNCC1)CC(F)F. The molecule has 0 aromatic carbocycles. The fraction of sp³-hybridized carbons (Fsp3) is 1.00. The number of nitrogens with one attached hydrogen (secondary N) is 1. The van der Waals surface area contributed by atoms with Gasteiger partial charge in [-0.1, -0.05) is 0 Å². The molecule has 1 aliphatic rings. The van der Waals surface area contributed by atoms with Crippen molar-refractivity contribution in [2.75, 3.05) is 39.8 Å². The maximum Gasteiger partial charge on any atom is 0.251 e. The molecule has 0 bridgehead atoms. The Balaban J connectivity index is 1.94. The lowest BCUT2D eigenvalue weighted by molar-refractivity contribution is 0.0257. The van der Waals surface area contributed by atoms with Crippen molar-refractivity contribution in [2.24, 2.45) is 0 Å². The summed E-state index contributed by atoms with van der Waals surface area (Å²) in [5.74, 6) is 0. The van der Waals surface area contributed by atoms with Gasteiger partial charge in [0, 0.05) is 13.2 Å². The summed E-state index contributed by atoms with van der Waals surface area (Å²) in [4.78, 5) is 1.65. The average Bonchev–Trinajstić information content (AvgIpc) is 2.25. The largest absolute Gasteiger partial charge is 0.378 e. The summed E-state index contributed by atoms with van der Waals surface area (Å²) < 4.78 is 29.7. The molecule has 5 heteroatoms. The predicted molar refractivity (Wildman–Crippen MR) is 60.0 cm³/mol. The van der Waals surface area contributed by atoms with Gasteiger partial charge in [-0.05, 0) is 39.4 Å². The molecule has 1 N–H and O–H groups in total. The summed E-state index contributed by atoms with van der Waals surface area (Å²) in [6.45, 7) is 3.26. The number of hydrogen-bond acceptors (Lipinski definition) is 3.